The predicted octanol–water partition coefficient (Wildman–Crippen LogP) is 3.25. The molecule has 2 fully saturated rings. The van der Waals surface area contributed by atoms with Crippen LogP contribution in [-0.2, 0) is 9.53 Å². The highest BCUT2D eigenvalue weighted by atomic mass is 16.5. The molecule has 4 amide bonds. The van der Waals surface area contributed by atoms with Crippen LogP contribution in [0.3, 0.4) is 0 Å². The number of benzene rings is 1. The first-order valence-corrected chi connectivity index (χ1v) is 14.4. The van der Waals surface area contributed by atoms with Crippen LogP contribution >= 0.6 is 0 Å². The van der Waals surface area contributed by atoms with Gasteiger partial charge in [-0.2, -0.15) is 0 Å². The molecule has 1 saturated heterocycles. The highest BCUT2D eigenvalue weighted by molar-refractivity contribution is 6.02. The summed E-state index contributed by atoms with van der Waals surface area (Å²) in [6.07, 6.45) is 6.29. The number of fused-ring (bicyclic) bond motifs is 1. The van der Waals surface area contributed by atoms with Crippen molar-refractivity contribution in [1.29, 1.82) is 0 Å². The Bertz CT molecular complexity index is 1010. The molecule has 1 saturated carbocycles. The quantitative estimate of drug-likeness (QED) is 0.485. The number of anilines is 1. The fourth-order valence-electron chi connectivity index (χ4n) is 5.64. The number of aliphatic hydroxyl groups is 1. The molecule has 2 aliphatic heterocycles. The van der Waals surface area contributed by atoms with Gasteiger partial charge in [0.05, 0.1) is 30.4 Å². The Morgan fingerprint density at radius 3 is 2.56 bits per heavy atom. The van der Waals surface area contributed by atoms with E-state index in [1.165, 1.54) is 6.42 Å². The largest absolute Gasteiger partial charge is 0.485 e. The van der Waals surface area contributed by atoms with Crippen molar-refractivity contribution in [3.8, 4) is 5.75 Å². The van der Waals surface area contributed by atoms with Gasteiger partial charge in [0.1, 0.15) is 6.10 Å². The number of carbonyl (C=O) groups is 3. The molecule has 0 aromatic heterocycles. The highest BCUT2D eigenvalue weighted by Gasteiger charge is 2.35. The number of amides is 4. The van der Waals surface area contributed by atoms with Gasteiger partial charge in [-0.25, -0.2) is 4.79 Å². The summed E-state index contributed by atoms with van der Waals surface area (Å²) in [6, 6.07) is 4.80. The summed E-state index contributed by atoms with van der Waals surface area (Å²) in [5, 5.41) is 16.1. The minimum absolute atomic E-state index is 0.126. The van der Waals surface area contributed by atoms with Gasteiger partial charge in [0.15, 0.2) is 5.75 Å². The fourth-order valence-corrected chi connectivity index (χ4v) is 5.64. The third-order valence-electron chi connectivity index (χ3n) is 8.27. The molecular weight excluding hydrogens is 500 g/mol. The molecule has 3 N–H and O–H groups in total. The van der Waals surface area contributed by atoms with Gasteiger partial charge < -0.3 is 35.0 Å². The van der Waals surface area contributed by atoms with E-state index >= 15 is 0 Å². The first kappa shape index (κ1) is 29.1. The van der Waals surface area contributed by atoms with E-state index in [1.807, 2.05) is 13.8 Å². The molecule has 2 heterocycles. The lowest BCUT2D eigenvalue weighted by Gasteiger charge is -2.38. The number of nitrogens with one attached hydrogen (secondary N) is 2. The SMILES string of the molecule is C[C@H]1CN([C@@H](C)CO)C(=O)c2cccc(NC(=O)C3CCOCC3)c2O[C@@H]1CN(C)C(=O)NC1CCCCC1. The maximum atomic E-state index is 13.7. The maximum Gasteiger partial charge on any atom is 0.317 e. The number of hydrogen-bond donors (Lipinski definition) is 3. The van der Waals surface area contributed by atoms with Crippen molar-refractivity contribution in [2.45, 2.75) is 77.0 Å². The van der Waals surface area contributed by atoms with Crippen LogP contribution < -0.4 is 15.4 Å². The van der Waals surface area contributed by atoms with Crippen molar-refractivity contribution >= 4 is 23.5 Å². The molecule has 10 heteroatoms. The molecule has 10 nitrogen and oxygen atoms in total. The number of aliphatic hydroxyl groups excluding tert-OH is 1. The molecule has 0 radical (unpaired) electrons. The summed E-state index contributed by atoms with van der Waals surface area (Å²) in [6.45, 7) is 5.37. The van der Waals surface area contributed by atoms with Crippen molar-refractivity contribution < 1.29 is 29.0 Å². The zero-order valence-corrected chi connectivity index (χ0v) is 23.5. The number of urea groups is 1. The van der Waals surface area contributed by atoms with E-state index in [2.05, 4.69) is 10.6 Å². The number of ether oxygens (including phenoxy) is 2. The molecule has 39 heavy (non-hydrogen) atoms. The first-order chi connectivity index (χ1) is 18.8. The van der Waals surface area contributed by atoms with E-state index in [0.29, 0.717) is 56.1 Å². The average Bonchev–Trinajstić information content (AvgIpc) is 2.95. The molecule has 1 aliphatic carbocycles. The Kier molecular flexibility index (Phi) is 10.1. The zero-order chi connectivity index (χ0) is 27.9. The number of hydrogen-bond acceptors (Lipinski definition) is 6. The van der Waals surface area contributed by atoms with E-state index in [0.717, 1.165) is 25.7 Å². The van der Waals surface area contributed by atoms with E-state index < -0.39 is 12.1 Å². The van der Waals surface area contributed by atoms with Crippen molar-refractivity contribution in [1.82, 2.24) is 15.1 Å². The van der Waals surface area contributed by atoms with Gasteiger partial charge in [-0.3, -0.25) is 9.59 Å². The van der Waals surface area contributed by atoms with E-state index in [4.69, 9.17) is 9.47 Å². The Labute approximate surface area is 231 Å². The Balaban J connectivity index is 1.59. The molecule has 216 valence electrons. The second kappa shape index (κ2) is 13.5. The van der Waals surface area contributed by atoms with Crippen LogP contribution in [0.5, 0.6) is 5.75 Å². The number of nitrogens with zero attached hydrogens (tertiary/aromatic N) is 2. The lowest BCUT2D eigenvalue weighted by atomic mass is 9.96. The standard InChI is InChI=1S/C29H44N4O6/c1-19-16-33(20(2)18-34)28(36)23-10-7-11-24(31-27(35)21-12-14-38-15-13-21)26(23)39-25(19)17-32(3)29(37)30-22-8-5-4-6-9-22/h7,10-11,19-22,25,34H,4-6,8-9,12-18H2,1-3H3,(H,30,37)(H,31,35)/t19-,20-,25+/m0/s1. The van der Waals surface area contributed by atoms with Crippen LogP contribution in [0.15, 0.2) is 18.2 Å². The lowest BCUT2D eigenvalue weighted by molar-refractivity contribution is -0.122. The van der Waals surface area contributed by atoms with Crippen LogP contribution in [0, 0.1) is 11.8 Å². The minimum atomic E-state index is -0.450. The van der Waals surface area contributed by atoms with Gasteiger partial charge in [-0.1, -0.05) is 32.3 Å². The third-order valence-corrected chi connectivity index (χ3v) is 8.27. The first-order valence-electron chi connectivity index (χ1n) is 14.4. The zero-order valence-electron chi connectivity index (χ0n) is 23.5. The van der Waals surface area contributed by atoms with Crippen molar-refractivity contribution in [3.05, 3.63) is 23.8 Å². The second-order valence-corrected chi connectivity index (χ2v) is 11.3. The molecule has 1 aromatic rings. The summed E-state index contributed by atoms with van der Waals surface area (Å²) < 4.78 is 11.9. The Morgan fingerprint density at radius 2 is 1.87 bits per heavy atom. The van der Waals surface area contributed by atoms with E-state index in [9.17, 15) is 19.5 Å². The second-order valence-electron chi connectivity index (χ2n) is 11.3. The molecule has 0 spiro atoms. The number of likely N-dealkylation sites (N-methyl/N-ethyl adjacent to an activating group) is 1. The smallest absolute Gasteiger partial charge is 0.317 e. The summed E-state index contributed by atoms with van der Waals surface area (Å²) in [5.74, 6) is -0.411. The lowest BCUT2D eigenvalue weighted by Crippen LogP contribution is -2.52. The molecule has 1 aromatic carbocycles. The number of rotatable bonds is 7. The summed E-state index contributed by atoms with van der Waals surface area (Å²) >= 11 is 0. The normalized spacial score (nSPS) is 23.6. The fraction of sp³-hybridized carbons (Fsp3) is 0.690. The molecular formula is C29H44N4O6. The summed E-state index contributed by atoms with van der Waals surface area (Å²) in [4.78, 5) is 43.1. The predicted molar refractivity (Wildman–Crippen MR) is 148 cm³/mol. The van der Waals surface area contributed by atoms with Gasteiger partial charge in [0, 0.05) is 44.7 Å². The van der Waals surface area contributed by atoms with Gasteiger partial charge in [0.2, 0.25) is 5.91 Å². The number of para-hydroxylation sites is 1. The molecule has 3 aliphatic rings. The summed E-state index contributed by atoms with van der Waals surface area (Å²) in [7, 11) is 1.76. The van der Waals surface area contributed by atoms with Gasteiger partial charge in [-0.15, -0.1) is 0 Å². The van der Waals surface area contributed by atoms with Gasteiger partial charge in [-0.05, 0) is 44.7 Å². The van der Waals surface area contributed by atoms with Crippen molar-refractivity contribution in [2.24, 2.45) is 11.8 Å². The number of carbonyl (C=O) groups excluding carboxylic acids is 3. The molecule has 4 rings (SSSR count). The molecule has 0 bridgehead atoms. The monoisotopic (exact) mass is 544 g/mol. The molecule has 3 atom stereocenters. The molecule has 0 unspecified atom stereocenters. The third kappa shape index (κ3) is 7.22. The van der Waals surface area contributed by atoms with Crippen LogP contribution in [0.1, 0.15) is 69.2 Å². The summed E-state index contributed by atoms with van der Waals surface area (Å²) in [5.41, 5.74) is 0.758. The van der Waals surface area contributed by atoms with Crippen LogP contribution in [0.2, 0.25) is 0 Å². The average molecular weight is 545 g/mol. The maximum absolute atomic E-state index is 13.7. The van der Waals surface area contributed by atoms with Gasteiger partial charge >= 0.3 is 6.03 Å². The van der Waals surface area contributed by atoms with Crippen LogP contribution in [0.4, 0.5) is 10.5 Å². The topological polar surface area (TPSA) is 120 Å². The van der Waals surface area contributed by atoms with E-state index in [1.54, 1.807) is 35.0 Å². The van der Waals surface area contributed by atoms with Crippen LogP contribution in [-0.4, -0.2) is 90.9 Å². The minimum Gasteiger partial charge on any atom is -0.485 e. The van der Waals surface area contributed by atoms with Crippen LogP contribution in [0.25, 0.3) is 0 Å². The Hall–Kier alpha value is -2.85. The van der Waals surface area contributed by atoms with Crippen molar-refractivity contribution in [3.63, 3.8) is 0 Å². The highest BCUT2D eigenvalue weighted by Crippen LogP contribution is 2.35. The van der Waals surface area contributed by atoms with Gasteiger partial charge in [0.25, 0.3) is 5.91 Å². The Morgan fingerprint density at radius 1 is 1.15 bits per heavy atom. The van der Waals surface area contributed by atoms with E-state index in [-0.39, 0.29) is 42.3 Å². The van der Waals surface area contributed by atoms with Crippen molar-refractivity contribution in [2.75, 3.05) is 45.3 Å².